The minimum absolute atomic E-state index is 0.00175. The first kappa shape index (κ1) is 59.1. The topological polar surface area (TPSA) is 95.9 Å². The lowest BCUT2D eigenvalue weighted by Crippen LogP contribution is -2.45. The van der Waals surface area contributed by atoms with Crippen LogP contribution in [-0.2, 0) is 14.3 Å². The normalized spacial score (nSPS) is 12.9. The first-order valence-electron chi connectivity index (χ1n) is 26.8. The van der Waals surface area contributed by atoms with E-state index in [2.05, 4.69) is 43.5 Å². The van der Waals surface area contributed by atoms with Crippen LogP contribution in [-0.4, -0.2) is 47.4 Å². The Kier molecular flexibility index (Phi) is 49.1. The molecule has 0 rings (SSSR count). The van der Waals surface area contributed by atoms with E-state index in [9.17, 15) is 19.8 Å². The summed E-state index contributed by atoms with van der Waals surface area (Å²) in [5.74, 6) is -0.0810. The number of aliphatic hydroxyl groups is 2. The number of hydrogen-bond acceptors (Lipinski definition) is 5. The zero-order valence-electron chi connectivity index (χ0n) is 40.6. The second kappa shape index (κ2) is 50.7. The van der Waals surface area contributed by atoms with Crippen LogP contribution in [0.1, 0.15) is 277 Å². The van der Waals surface area contributed by atoms with E-state index >= 15 is 0 Å². The summed E-state index contributed by atoms with van der Waals surface area (Å²) >= 11 is 0. The van der Waals surface area contributed by atoms with Crippen LogP contribution in [0.3, 0.4) is 0 Å². The fourth-order valence-corrected chi connectivity index (χ4v) is 7.97. The number of hydrogen-bond donors (Lipinski definition) is 3. The smallest absolute Gasteiger partial charge is 0.305 e. The van der Waals surface area contributed by atoms with Crippen molar-refractivity contribution in [3.63, 3.8) is 0 Å². The van der Waals surface area contributed by atoms with E-state index in [1.165, 1.54) is 199 Å². The average molecular weight is 858 g/mol. The monoisotopic (exact) mass is 858 g/mol. The van der Waals surface area contributed by atoms with E-state index in [1.54, 1.807) is 6.08 Å². The van der Waals surface area contributed by atoms with Gasteiger partial charge in [-0.05, 0) is 83.5 Å². The van der Waals surface area contributed by atoms with E-state index in [0.717, 1.165) is 51.4 Å². The fraction of sp³-hybridized carbons (Fsp3) is 0.855. The van der Waals surface area contributed by atoms with Crippen LogP contribution in [0.2, 0.25) is 0 Å². The van der Waals surface area contributed by atoms with E-state index in [-0.39, 0.29) is 18.5 Å². The molecule has 0 aliphatic carbocycles. The maximum Gasteiger partial charge on any atom is 0.305 e. The van der Waals surface area contributed by atoms with Crippen molar-refractivity contribution >= 4 is 11.9 Å². The van der Waals surface area contributed by atoms with Gasteiger partial charge in [-0.1, -0.05) is 217 Å². The Morgan fingerprint density at radius 1 is 0.443 bits per heavy atom. The van der Waals surface area contributed by atoms with Gasteiger partial charge in [0.05, 0.1) is 25.4 Å². The highest BCUT2D eigenvalue weighted by molar-refractivity contribution is 5.76. The summed E-state index contributed by atoms with van der Waals surface area (Å²) in [6, 6.07) is -0.631. The van der Waals surface area contributed by atoms with Gasteiger partial charge in [0.1, 0.15) is 0 Å². The number of carbonyl (C=O) groups is 2. The Morgan fingerprint density at radius 3 is 1.16 bits per heavy atom. The fourth-order valence-electron chi connectivity index (χ4n) is 7.97. The van der Waals surface area contributed by atoms with Gasteiger partial charge in [0.15, 0.2) is 0 Å². The zero-order chi connectivity index (χ0) is 44.4. The van der Waals surface area contributed by atoms with Gasteiger partial charge >= 0.3 is 5.97 Å². The number of rotatable bonds is 49. The molecule has 2 unspecified atom stereocenters. The van der Waals surface area contributed by atoms with Crippen LogP contribution >= 0.6 is 0 Å². The molecule has 6 heteroatoms. The van der Waals surface area contributed by atoms with Crippen LogP contribution in [0.25, 0.3) is 0 Å². The highest BCUT2D eigenvalue weighted by Crippen LogP contribution is 2.15. The molecule has 6 nitrogen and oxygen atoms in total. The Balaban J connectivity index is 3.42. The largest absolute Gasteiger partial charge is 0.466 e. The molecular formula is C55H103NO5. The Morgan fingerprint density at radius 2 is 0.770 bits per heavy atom. The molecule has 0 bridgehead atoms. The van der Waals surface area contributed by atoms with Crippen molar-refractivity contribution < 1.29 is 24.5 Å². The molecule has 0 aliphatic rings. The van der Waals surface area contributed by atoms with Gasteiger partial charge in [0.25, 0.3) is 0 Å². The third kappa shape index (κ3) is 47.4. The minimum Gasteiger partial charge on any atom is -0.466 e. The second-order valence-electron chi connectivity index (χ2n) is 18.2. The van der Waals surface area contributed by atoms with E-state index < -0.39 is 12.1 Å². The van der Waals surface area contributed by atoms with Gasteiger partial charge in [0, 0.05) is 12.8 Å². The Labute approximate surface area is 379 Å². The van der Waals surface area contributed by atoms with E-state index in [1.807, 2.05) is 6.08 Å². The predicted molar refractivity (Wildman–Crippen MR) is 264 cm³/mol. The molecule has 0 aromatic heterocycles. The number of carbonyl (C=O) groups excluding carboxylic acids is 2. The van der Waals surface area contributed by atoms with Gasteiger partial charge < -0.3 is 20.3 Å². The third-order valence-electron chi connectivity index (χ3n) is 12.1. The van der Waals surface area contributed by atoms with E-state index in [0.29, 0.717) is 19.4 Å². The lowest BCUT2D eigenvalue weighted by molar-refractivity contribution is -0.143. The Bertz CT molecular complexity index is 993. The van der Waals surface area contributed by atoms with Crippen molar-refractivity contribution in [2.24, 2.45) is 0 Å². The van der Waals surface area contributed by atoms with Crippen LogP contribution in [0.4, 0.5) is 0 Å². The molecule has 0 spiro atoms. The maximum atomic E-state index is 12.4. The number of nitrogens with one attached hydrogen (secondary N) is 1. The highest BCUT2D eigenvalue weighted by Gasteiger charge is 2.18. The summed E-state index contributed by atoms with van der Waals surface area (Å²) in [6.45, 7) is 4.85. The molecule has 1 amide bonds. The average Bonchev–Trinajstić information content (AvgIpc) is 3.26. The second-order valence-corrected chi connectivity index (χ2v) is 18.2. The minimum atomic E-state index is -0.847. The van der Waals surface area contributed by atoms with Gasteiger partial charge in [-0.2, -0.15) is 0 Å². The quantitative estimate of drug-likeness (QED) is 0.0322. The van der Waals surface area contributed by atoms with Crippen LogP contribution < -0.4 is 5.32 Å². The summed E-state index contributed by atoms with van der Waals surface area (Å²) in [5.41, 5.74) is 0. The first-order chi connectivity index (χ1) is 30.0. The maximum absolute atomic E-state index is 12.4. The van der Waals surface area contributed by atoms with Crippen LogP contribution in [0.15, 0.2) is 36.5 Å². The van der Waals surface area contributed by atoms with Crippen molar-refractivity contribution in [1.82, 2.24) is 5.32 Å². The third-order valence-corrected chi connectivity index (χ3v) is 12.1. The number of ether oxygens (including phenoxy) is 1. The van der Waals surface area contributed by atoms with Gasteiger partial charge in [-0.25, -0.2) is 0 Å². The summed E-state index contributed by atoms with van der Waals surface area (Å²) < 4.78 is 5.46. The van der Waals surface area contributed by atoms with Crippen LogP contribution in [0.5, 0.6) is 0 Å². The molecule has 0 saturated heterocycles. The zero-order valence-corrected chi connectivity index (χ0v) is 40.6. The first-order valence-corrected chi connectivity index (χ1v) is 26.8. The molecule has 358 valence electrons. The van der Waals surface area contributed by atoms with Crippen molar-refractivity contribution in [2.45, 2.75) is 289 Å². The van der Waals surface area contributed by atoms with Gasteiger partial charge in [-0.15, -0.1) is 0 Å². The molecule has 0 aromatic rings. The molecule has 2 atom stereocenters. The molecule has 61 heavy (non-hydrogen) atoms. The molecular weight excluding hydrogens is 755 g/mol. The van der Waals surface area contributed by atoms with Crippen molar-refractivity contribution in [1.29, 1.82) is 0 Å². The van der Waals surface area contributed by atoms with Crippen molar-refractivity contribution in [2.75, 3.05) is 13.2 Å². The molecule has 0 saturated carbocycles. The summed E-state index contributed by atoms with van der Waals surface area (Å²) in [4.78, 5) is 24.4. The molecule has 0 fully saturated rings. The molecule has 0 aliphatic heterocycles. The predicted octanol–water partition coefficient (Wildman–Crippen LogP) is 16.1. The standard InChI is InChI=1S/C55H103NO5/c1-3-5-7-9-11-13-14-15-26-29-33-37-41-45-49-55(60)61-50-46-42-38-34-30-27-24-22-20-18-16-17-19-21-23-25-28-32-36-40-44-48-54(59)56-52(51-57)53(58)47-43-39-35-31-12-10-8-6-4-2/h14-15,17,19,43,47,52-53,57-58H,3-13,16,18,20-42,44-46,48-51H2,1-2H3,(H,56,59)/b15-14-,19-17-,47-43+. The van der Waals surface area contributed by atoms with Crippen LogP contribution in [0, 0.1) is 0 Å². The summed E-state index contributed by atoms with van der Waals surface area (Å²) in [5, 5.41) is 22.9. The lowest BCUT2D eigenvalue weighted by atomic mass is 10.0. The van der Waals surface area contributed by atoms with E-state index in [4.69, 9.17) is 4.74 Å². The summed E-state index contributed by atoms with van der Waals surface area (Å²) in [6.07, 6.45) is 61.6. The number of unbranched alkanes of at least 4 members (excludes halogenated alkanes) is 34. The van der Waals surface area contributed by atoms with Crippen molar-refractivity contribution in [3.8, 4) is 0 Å². The van der Waals surface area contributed by atoms with Crippen molar-refractivity contribution in [3.05, 3.63) is 36.5 Å². The summed E-state index contributed by atoms with van der Waals surface area (Å²) in [7, 11) is 0. The molecule has 3 N–H and O–H groups in total. The highest BCUT2D eigenvalue weighted by atomic mass is 16.5. The SMILES string of the molecule is CCCCCCC/C=C\CCCCCCCC(=O)OCCCCCCCCCCCC/C=C\CCCCCCCCCC(=O)NC(CO)C(O)/C=C/CCCCCCCCC. The lowest BCUT2D eigenvalue weighted by Gasteiger charge is -2.20. The molecule has 0 aromatic carbocycles. The Hall–Kier alpha value is -1.92. The molecule has 0 radical (unpaired) electrons. The number of esters is 1. The number of aliphatic hydroxyl groups excluding tert-OH is 2. The number of allylic oxidation sites excluding steroid dienone is 5. The molecule has 0 heterocycles. The van der Waals surface area contributed by atoms with Gasteiger partial charge in [0.2, 0.25) is 5.91 Å². The van der Waals surface area contributed by atoms with Gasteiger partial charge in [-0.3, -0.25) is 9.59 Å². The number of amides is 1.